The summed E-state index contributed by atoms with van der Waals surface area (Å²) in [5, 5.41) is 11.6. The van der Waals surface area contributed by atoms with Crippen molar-refractivity contribution >= 4 is 52.4 Å². The van der Waals surface area contributed by atoms with E-state index in [2.05, 4.69) is 0 Å². The van der Waals surface area contributed by atoms with Crippen LogP contribution in [0.3, 0.4) is 0 Å². The molecule has 3 fully saturated rings. The summed E-state index contributed by atoms with van der Waals surface area (Å²) in [6, 6.07) is 28.7. The summed E-state index contributed by atoms with van der Waals surface area (Å²) in [4.78, 5) is 72.6. The van der Waals surface area contributed by atoms with Gasteiger partial charge in [0.2, 0.25) is 23.6 Å². The molecular formula is C40H31ClN2O6. The van der Waals surface area contributed by atoms with E-state index in [1.807, 2.05) is 12.1 Å². The Hall–Kier alpha value is -5.34. The van der Waals surface area contributed by atoms with Gasteiger partial charge in [-0.2, -0.15) is 0 Å². The molecule has 0 spiro atoms. The molecule has 6 atom stereocenters. The fourth-order valence-corrected chi connectivity index (χ4v) is 8.89. The Labute approximate surface area is 287 Å². The zero-order valence-corrected chi connectivity index (χ0v) is 27.2. The van der Waals surface area contributed by atoms with E-state index in [1.54, 1.807) is 97.9 Å². The number of carbonyl (C=O) groups is 5. The van der Waals surface area contributed by atoms with Crippen LogP contribution in [0.25, 0.3) is 0 Å². The first-order chi connectivity index (χ1) is 23.6. The summed E-state index contributed by atoms with van der Waals surface area (Å²) in [6.07, 6.45) is 2.37. The number of hydrogen-bond acceptors (Lipinski definition) is 6. The molecule has 244 valence electrons. The van der Waals surface area contributed by atoms with Crippen molar-refractivity contribution in [3.8, 4) is 5.75 Å². The third-order valence-corrected chi connectivity index (χ3v) is 11.2. The van der Waals surface area contributed by atoms with Crippen LogP contribution in [0.15, 0.2) is 115 Å². The molecule has 4 aliphatic rings. The molecule has 0 unspecified atom stereocenters. The van der Waals surface area contributed by atoms with Gasteiger partial charge in [0.1, 0.15) is 5.75 Å². The maximum Gasteiger partial charge on any atom is 0.241 e. The number of ketones is 1. The van der Waals surface area contributed by atoms with Crippen LogP contribution in [0.5, 0.6) is 5.75 Å². The second-order valence-corrected chi connectivity index (χ2v) is 13.9. The minimum Gasteiger partial charge on any atom is -0.508 e. The summed E-state index contributed by atoms with van der Waals surface area (Å²) >= 11 is 6.45. The Morgan fingerprint density at radius 2 is 1.39 bits per heavy atom. The van der Waals surface area contributed by atoms with Crippen molar-refractivity contribution in [3.05, 3.63) is 136 Å². The van der Waals surface area contributed by atoms with Crippen molar-refractivity contribution in [2.24, 2.45) is 29.1 Å². The largest absolute Gasteiger partial charge is 0.508 e. The maximum absolute atomic E-state index is 14.5. The van der Waals surface area contributed by atoms with Crippen LogP contribution >= 0.6 is 11.6 Å². The number of aromatic hydroxyl groups is 1. The van der Waals surface area contributed by atoms with Crippen LogP contribution in [0.1, 0.15) is 47.2 Å². The monoisotopic (exact) mass is 670 g/mol. The Bertz CT molecular complexity index is 2100. The van der Waals surface area contributed by atoms with Crippen molar-refractivity contribution in [1.29, 1.82) is 0 Å². The van der Waals surface area contributed by atoms with E-state index in [-0.39, 0.29) is 48.0 Å². The Morgan fingerprint density at radius 3 is 2.08 bits per heavy atom. The highest BCUT2D eigenvalue weighted by molar-refractivity contribution is 6.30. The van der Waals surface area contributed by atoms with Gasteiger partial charge in [-0.1, -0.05) is 71.8 Å². The van der Waals surface area contributed by atoms with Crippen LogP contribution in [-0.2, 0) is 19.2 Å². The molecule has 2 saturated heterocycles. The van der Waals surface area contributed by atoms with E-state index >= 15 is 0 Å². The van der Waals surface area contributed by atoms with Gasteiger partial charge in [-0.3, -0.25) is 28.9 Å². The average Bonchev–Trinajstić information content (AvgIpc) is 3.49. The number of para-hydroxylation sites is 1. The molecule has 2 heterocycles. The summed E-state index contributed by atoms with van der Waals surface area (Å²) in [7, 11) is 0. The van der Waals surface area contributed by atoms with Gasteiger partial charge in [0.25, 0.3) is 0 Å². The van der Waals surface area contributed by atoms with E-state index < -0.39 is 35.0 Å². The van der Waals surface area contributed by atoms with Gasteiger partial charge >= 0.3 is 0 Å². The van der Waals surface area contributed by atoms with Crippen LogP contribution in [0, 0.1) is 29.1 Å². The third-order valence-electron chi connectivity index (χ3n) is 11.0. The maximum atomic E-state index is 14.5. The first kappa shape index (κ1) is 31.0. The second kappa shape index (κ2) is 11.4. The fourth-order valence-electron chi connectivity index (χ4n) is 8.71. The van der Waals surface area contributed by atoms with Crippen LogP contribution in [-0.4, -0.2) is 34.5 Å². The van der Waals surface area contributed by atoms with E-state index in [0.717, 1.165) is 5.57 Å². The molecule has 8 nitrogen and oxygen atoms in total. The quantitative estimate of drug-likeness (QED) is 0.144. The van der Waals surface area contributed by atoms with Crippen molar-refractivity contribution in [2.75, 3.05) is 9.80 Å². The number of phenols is 1. The number of anilines is 2. The highest BCUT2D eigenvalue weighted by Gasteiger charge is 2.68. The number of phenolic OH excluding ortho intramolecular Hbond substituents is 1. The summed E-state index contributed by atoms with van der Waals surface area (Å²) < 4.78 is 0. The lowest BCUT2D eigenvalue weighted by Gasteiger charge is -2.49. The number of halogens is 1. The van der Waals surface area contributed by atoms with Gasteiger partial charge in [0.05, 0.1) is 34.5 Å². The molecule has 0 bridgehead atoms. The first-order valence-electron chi connectivity index (χ1n) is 16.3. The second-order valence-electron chi connectivity index (χ2n) is 13.5. The number of amides is 4. The van der Waals surface area contributed by atoms with Crippen molar-refractivity contribution < 1.29 is 29.1 Å². The normalized spacial score (nSPS) is 27.5. The molecule has 4 aromatic carbocycles. The number of rotatable bonds is 5. The van der Waals surface area contributed by atoms with Crippen molar-refractivity contribution in [2.45, 2.75) is 25.7 Å². The lowest BCUT2D eigenvalue weighted by molar-refractivity contribution is -0.131. The molecule has 4 amide bonds. The third kappa shape index (κ3) is 4.54. The molecule has 8 rings (SSSR count). The van der Waals surface area contributed by atoms with Crippen LogP contribution < -0.4 is 9.80 Å². The molecule has 49 heavy (non-hydrogen) atoms. The molecule has 2 aliphatic heterocycles. The van der Waals surface area contributed by atoms with Crippen LogP contribution in [0.2, 0.25) is 5.02 Å². The van der Waals surface area contributed by atoms with E-state index in [1.165, 1.54) is 15.9 Å². The van der Waals surface area contributed by atoms with E-state index in [9.17, 15) is 29.1 Å². The van der Waals surface area contributed by atoms with Gasteiger partial charge < -0.3 is 5.11 Å². The first-order valence-corrected chi connectivity index (χ1v) is 16.7. The van der Waals surface area contributed by atoms with E-state index in [4.69, 9.17) is 11.6 Å². The number of benzene rings is 4. The predicted octanol–water partition coefficient (Wildman–Crippen LogP) is 6.71. The number of carbonyl (C=O) groups excluding carboxylic acids is 5. The highest BCUT2D eigenvalue weighted by Crippen LogP contribution is 2.64. The number of allylic oxidation sites excluding steroid dienone is 2. The zero-order valence-electron chi connectivity index (χ0n) is 26.5. The predicted molar refractivity (Wildman–Crippen MR) is 183 cm³/mol. The summed E-state index contributed by atoms with van der Waals surface area (Å²) in [6.45, 7) is 1.77. The van der Waals surface area contributed by atoms with Gasteiger partial charge in [-0.05, 0) is 80.3 Å². The van der Waals surface area contributed by atoms with Gasteiger partial charge in [0, 0.05) is 27.6 Å². The molecular weight excluding hydrogens is 640 g/mol. The smallest absolute Gasteiger partial charge is 0.241 e. The molecule has 2 aliphatic carbocycles. The van der Waals surface area contributed by atoms with Crippen molar-refractivity contribution in [1.82, 2.24) is 0 Å². The number of imide groups is 2. The topological polar surface area (TPSA) is 112 Å². The lowest BCUT2D eigenvalue weighted by atomic mass is 9.51. The van der Waals surface area contributed by atoms with E-state index in [0.29, 0.717) is 33.1 Å². The minimum absolute atomic E-state index is 0.0722. The van der Waals surface area contributed by atoms with Crippen molar-refractivity contribution in [3.63, 3.8) is 0 Å². The molecule has 0 aromatic heterocycles. The summed E-state index contributed by atoms with van der Waals surface area (Å²) in [5.41, 5.74) is 1.63. The molecule has 0 radical (unpaired) electrons. The highest BCUT2D eigenvalue weighted by atomic mass is 35.5. The van der Waals surface area contributed by atoms with Crippen LogP contribution in [0.4, 0.5) is 11.4 Å². The molecule has 1 saturated carbocycles. The SMILES string of the molecule is C[C@@]12C(=O)N(c3ccccc3)C(=O)[C@@H]1C[C@@H]1C(=CC[C@@H]3C(=O)N(c4ccc(C(=O)c5ccccc5)cc4)C(=O)[C@@H]31)[C@@H]2c1cc(Cl)ccc1O. The zero-order chi connectivity index (χ0) is 34.2. The lowest BCUT2D eigenvalue weighted by Crippen LogP contribution is -2.48. The van der Waals surface area contributed by atoms with Gasteiger partial charge in [-0.25, -0.2) is 4.90 Å². The molecule has 4 aromatic rings. The Morgan fingerprint density at radius 1 is 0.755 bits per heavy atom. The molecule has 9 heteroatoms. The number of fused-ring (bicyclic) bond motifs is 4. The van der Waals surface area contributed by atoms with Gasteiger partial charge in [-0.15, -0.1) is 0 Å². The standard InChI is InChI=1S/C40H31ClN2O6/c1-40-31(37(47)43(39(40)49)25-10-6-3-7-11-25)21-29-27(34(40)30-20-24(41)14-19-32(30)44)17-18-28-33(29)38(48)42(36(28)46)26-15-12-23(13-16-26)35(45)22-8-4-2-5-9-22/h2-17,19-20,28-29,31,33-34,44H,18,21H2,1H3/t28-,29+,31-,33-,34+,40+/m0/s1. The molecule has 1 N–H and O–H groups in total. The number of hydrogen-bond donors (Lipinski definition) is 1. The minimum atomic E-state index is -1.29. The Balaban J connectivity index is 1.19. The Kier molecular flexibility index (Phi) is 7.19. The fraction of sp³-hybridized carbons (Fsp3) is 0.225. The van der Waals surface area contributed by atoms with Gasteiger partial charge in [0.15, 0.2) is 5.78 Å². The summed E-state index contributed by atoms with van der Waals surface area (Å²) in [5.74, 6) is -5.34. The number of nitrogens with zero attached hydrogens (tertiary/aromatic N) is 2. The average molecular weight is 671 g/mol.